The summed E-state index contributed by atoms with van der Waals surface area (Å²) in [6.45, 7) is 0. The largest absolute Gasteiger partial charge is 0.319 e. The van der Waals surface area contributed by atoms with Crippen LogP contribution < -0.4 is 5.32 Å². The lowest BCUT2D eigenvalue weighted by Crippen LogP contribution is -2.13. The van der Waals surface area contributed by atoms with Crippen LogP contribution in [0.25, 0.3) is 0 Å². The van der Waals surface area contributed by atoms with Crippen molar-refractivity contribution in [1.29, 1.82) is 0 Å². The smallest absolute Gasteiger partial charge is 0.255 e. The average molecular weight is 320 g/mol. The fraction of sp³-hybridized carbons (Fsp3) is 0. The number of carbonyl (C=O) groups is 1. The van der Waals surface area contributed by atoms with Crippen LogP contribution >= 0.6 is 34.8 Å². The molecular weight excluding hydrogens is 314 g/mol. The summed E-state index contributed by atoms with van der Waals surface area (Å²) < 4.78 is 13.5. The number of hydrogen-bond donors (Lipinski definition) is 1. The van der Waals surface area contributed by atoms with E-state index in [1.165, 1.54) is 24.3 Å². The Bertz CT molecular complexity index is 629. The number of nitrogens with one attached hydrogen (secondary N) is 1. The second-order valence-electron chi connectivity index (χ2n) is 3.58. The van der Waals surface area contributed by atoms with Gasteiger partial charge >= 0.3 is 0 Å². The fourth-order valence-electron chi connectivity index (χ4n) is 1.38. The summed E-state index contributed by atoms with van der Waals surface area (Å²) in [4.78, 5) is 15.6. The molecule has 0 spiro atoms. The van der Waals surface area contributed by atoms with Crippen LogP contribution in [-0.2, 0) is 0 Å². The SMILES string of the molecule is O=C(Nc1cc(Cl)ccc1F)c1cc(Cl)nc(Cl)c1. The Morgan fingerprint density at radius 3 is 2.37 bits per heavy atom. The quantitative estimate of drug-likeness (QED) is 0.832. The van der Waals surface area contributed by atoms with Gasteiger partial charge in [0.05, 0.1) is 5.69 Å². The molecule has 0 saturated heterocycles. The van der Waals surface area contributed by atoms with Crippen molar-refractivity contribution in [3.8, 4) is 0 Å². The highest BCUT2D eigenvalue weighted by molar-refractivity contribution is 6.33. The van der Waals surface area contributed by atoms with Gasteiger partial charge in [-0.2, -0.15) is 0 Å². The molecule has 0 bridgehead atoms. The third-order valence-electron chi connectivity index (χ3n) is 2.20. The summed E-state index contributed by atoms with van der Waals surface area (Å²) in [6.07, 6.45) is 0. The van der Waals surface area contributed by atoms with Crippen LogP contribution in [0.2, 0.25) is 15.3 Å². The molecule has 0 aliphatic rings. The minimum atomic E-state index is -0.594. The summed E-state index contributed by atoms with van der Waals surface area (Å²) in [6, 6.07) is 6.49. The van der Waals surface area contributed by atoms with Crippen molar-refractivity contribution in [2.45, 2.75) is 0 Å². The third-order valence-corrected chi connectivity index (χ3v) is 2.82. The van der Waals surface area contributed by atoms with Crippen molar-refractivity contribution in [2.24, 2.45) is 0 Å². The van der Waals surface area contributed by atoms with Gasteiger partial charge in [0.15, 0.2) is 0 Å². The molecule has 2 rings (SSSR count). The van der Waals surface area contributed by atoms with E-state index in [1.807, 2.05) is 0 Å². The molecule has 7 heteroatoms. The molecule has 1 aromatic carbocycles. The van der Waals surface area contributed by atoms with Crippen LogP contribution in [-0.4, -0.2) is 10.9 Å². The van der Waals surface area contributed by atoms with Crippen LogP contribution in [0, 0.1) is 5.82 Å². The molecule has 1 amide bonds. The van der Waals surface area contributed by atoms with Gasteiger partial charge in [-0.1, -0.05) is 34.8 Å². The molecule has 0 aliphatic heterocycles. The molecular formula is C12H6Cl3FN2O. The first-order valence-corrected chi connectivity index (χ1v) is 6.18. The zero-order chi connectivity index (χ0) is 14.0. The summed E-state index contributed by atoms with van der Waals surface area (Å²) in [5, 5.41) is 2.83. The molecule has 0 atom stereocenters. The van der Waals surface area contributed by atoms with E-state index < -0.39 is 11.7 Å². The van der Waals surface area contributed by atoms with Crippen molar-refractivity contribution >= 4 is 46.4 Å². The number of aromatic nitrogens is 1. The van der Waals surface area contributed by atoms with Gasteiger partial charge in [-0.3, -0.25) is 4.79 Å². The van der Waals surface area contributed by atoms with Crippen LogP contribution in [0.5, 0.6) is 0 Å². The standard InChI is InChI=1S/C12H6Cl3FN2O/c13-7-1-2-8(16)9(5-7)17-12(19)6-3-10(14)18-11(15)4-6/h1-5H,(H,17,19). The maximum absolute atomic E-state index is 13.5. The van der Waals surface area contributed by atoms with Crippen molar-refractivity contribution in [3.05, 3.63) is 57.0 Å². The fourth-order valence-corrected chi connectivity index (χ4v) is 2.02. The minimum absolute atomic E-state index is 0.0263. The Hall–Kier alpha value is -1.36. The maximum atomic E-state index is 13.5. The number of halogens is 4. The number of amides is 1. The predicted octanol–water partition coefficient (Wildman–Crippen LogP) is 4.43. The lowest BCUT2D eigenvalue weighted by molar-refractivity contribution is 0.102. The van der Waals surface area contributed by atoms with Gasteiger partial charge < -0.3 is 5.32 Å². The summed E-state index contributed by atoms with van der Waals surface area (Å²) in [5.74, 6) is -1.16. The van der Waals surface area contributed by atoms with E-state index in [9.17, 15) is 9.18 Å². The van der Waals surface area contributed by atoms with E-state index in [4.69, 9.17) is 34.8 Å². The molecule has 0 aliphatic carbocycles. The van der Waals surface area contributed by atoms with Gasteiger partial charge in [0.25, 0.3) is 5.91 Å². The molecule has 0 radical (unpaired) electrons. The van der Waals surface area contributed by atoms with Crippen LogP contribution in [0.3, 0.4) is 0 Å². The number of nitrogens with zero attached hydrogens (tertiary/aromatic N) is 1. The van der Waals surface area contributed by atoms with E-state index in [1.54, 1.807) is 0 Å². The summed E-state index contributed by atoms with van der Waals surface area (Å²) in [7, 11) is 0. The van der Waals surface area contributed by atoms with Crippen LogP contribution in [0.15, 0.2) is 30.3 Å². The van der Waals surface area contributed by atoms with Gasteiger partial charge in [0.1, 0.15) is 16.1 Å². The first-order chi connectivity index (χ1) is 8.95. The predicted molar refractivity (Wildman–Crippen MR) is 73.6 cm³/mol. The van der Waals surface area contributed by atoms with Crippen molar-refractivity contribution < 1.29 is 9.18 Å². The number of rotatable bonds is 2. The number of carbonyl (C=O) groups excluding carboxylic acids is 1. The summed E-state index contributed by atoms with van der Waals surface area (Å²) >= 11 is 17.1. The zero-order valence-corrected chi connectivity index (χ0v) is 11.5. The Balaban J connectivity index is 2.28. The third kappa shape index (κ3) is 3.56. The first-order valence-electron chi connectivity index (χ1n) is 5.05. The average Bonchev–Trinajstić information content (AvgIpc) is 2.32. The van der Waals surface area contributed by atoms with E-state index >= 15 is 0 Å². The van der Waals surface area contributed by atoms with Crippen molar-refractivity contribution in [3.63, 3.8) is 0 Å². The van der Waals surface area contributed by atoms with E-state index in [0.717, 1.165) is 6.07 Å². The van der Waals surface area contributed by atoms with Gasteiger partial charge in [0.2, 0.25) is 0 Å². The monoisotopic (exact) mass is 318 g/mol. The highest BCUT2D eigenvalue weighted by Crippen LogP contribution is 2.21. The van der Waals surface area contributed by atoms with E-state index in [-0.39, 0.29) is 21.6 Å². The molecule has 1 N–H and O–H groups in total. The number of benzene rings is 1. The topological polar surface area (TPSA) is 42.0 Å². The van der Waals surface area contributed by atoms with Gasteiger partial charge in [0, 0.05) is 10.6 Å². The molecule has 3 nitrogen and oxygen atoms in total. The van der Waals surface area contributed by atoms with E-state index in [2.05, 4.69) is 10.3 Å². The maximum Gasteiger partial charge on any atom is 0.255 e. The zero-order valence-electron chi connectivity index (χ0n) is 9.25. The van der Waals surface area contributed by atoms with Crippen molar-refractivity contribution in [1.82, 2.24) is 4.98 Å². The lowest BCUT2D eigenvalue weighted by Gasteiger charge is -2.07. The minimum Gasteiger partial charge on any atom is -0.319 e. The Kier molecular flexibility index (Phi) is 4.24. The Morgan fingerprint density at radius 1 is 1.11 bits per heavy atom. The molecule has 19 heavy (non-hydrogen) atoms. The van der Waals surface area contributed by atoms with Gasteiger partial charge in [-0.05, 0) is 30.3 Å². The normalized spacial score (nSPS) is 10.3. The van der Waals surface area contributed by atoms with Gasteiger partial charge in [-0.25, -0.2) is 9.37 Å². The van der Waals surface area contributed by atoms with Crippen LogP contribution in [0.1, 0.15) is 10.4 Å². The highest BCUT2D eigenvalue weighted by atomic mass is 35.5. The lowest BCUT2D eigenvalue weighted by atomic mass is 10.2. The van der Waals surface area contributed by atoms with Crippen LogP contribution in [0.4, 0.5) is 10.1 Å². The molecule has 1 aromatic heterocycles. The van der Waals surface area contributed by atoms with Gasteiger partial charge in [-0.15, -0.1) is 0 Å². The Morgan fingerprint density at radius 2 is 1.74 bits per heavy atom. The molecule has 0 fully saturated rings. The number of anilines is 1. The molecule has 0 saturated carbocycles. The molecule has 1 heterocycles. The Labute approximate surface area is 123 Å². The summed E-state index contributed by atoms with van der Waals surface area (Å²) in [5.41, 5.74) is 0.144. The number of pyridine rings is 1. The number of hydrogen-bond acceptors (Lipinski definition) is 2. The second kappa shape index (κ2) is 5.74. The van der Waals surface area contributed by atoms with Crippen molar-refractivity contribution in [2.75, 3.05) is 5.32 Å². The highest BCUT2D eigenvalue weighted by Gasteiger charge is 2.11. The first kappa shape index (κ1) is 14.1. The second-order valence-corrected chi connectivity index (χ2v) is 4.79. The molecule has 0 unspecified atom stereocenters. The molecule has 2 aromatic rings. The van der Waals surface area contributed by atoms with E-state index in [0.29, 0.717) is 5.02 Å². The molecule has 98 valence electrons.